The molecule has 106 valence electrons. The van der Waals surface area contributed by atoms with Gasteiger partial charge in [-0.05, 0) is 31.0 Å². The molecule has 0 aromatic heterocycles. The summed E-state index contributed by atoms with van der Waals surface area (Å²) in [6.07, 6.45) is 1.16. The van der Waals surface area contributed by atoms with E-state index in [0.717, 1.165) is 0 Å². The highest BCUT2D eigenvalue weighted by molar-refractivity contribution is 7.91. The summed E-state index contributed by atoms with van der Waals surface area (Å²) in [7, 11) is -2.39. The number of carbonyl (C=O) groups excluding carboxylic acids is 2. The van der Waals surface area contributed by atoms with Gasteiger partial charge < -0.3 is 10.1 Å². The molecule has 0 saturated heterocycles. The molecule has 3 rings (SSSR count). The highest BCUT2D eigenvalue weighted by Gasteiger charge is 2.54. The summed E-state index contributed by atoms with van der Waals surface area (Å²) in [5, 5.41) is 2.64. The summed E-state index contributed by atoms with van der Waals surface area (Å²) in [6.45, 7) is 0. The van der Waals surface area contributed by atoms with Crippen molar-refractivity contribution >= 4 is 27.4 Å². The Morgan fingerprint density at radius 3 is 2.65 bits per heavy atom. The molecule has 0 radical (unpaired) electrons. The van der Waals surface area contributed by atoms with Gasteiger partial charge in [-0.2, -0.15) is 0 Å². The van der Waals surface area contributed by atoms with E-state index >= 15 is 0 Å². The number of ether oxygens (including phenoxy) is 1. The topological polar surface area (TPSA) is 89.5 Å². The van der Waals surface area contributed by atoms with Crippen molar-refractivity contribution in [3.05, 3.63) is 23.8 Å². The number of fused-ring (bicyclic) bond motifs is 1. The molecule has 1 aromatic carbocycles. The first-order valence-corrected chi connectivity index (χ1v) is 7.80. The fourth-order valence-electron chi connectivity index (χ4n) is 2.41. The van der Waals surface area contributed by atoms with Crippen LogP contribution in [0.5, 0.6) is 0 Å². The van der Waals surface area contributed by atoms with Crippen molar-refractivity contribution in [3.63, 3.8) is 0 Å². The molecule has 1 N–H and O–H groups in total. The number of esters is 1. The van der Waals surface area contributed by atoms with E-state index in [1.165, 1.54) is 25.3 Å². The second-order valence-corrected chi connectivity index (χ2v) is 7.15. The van der Waals surface area contributed by atoms with Crippen LogP contribution in [-0.4, -0.2) is 33.2 Å². The first-order chi connectivity index (χ1) is 9.38. The number of carbonyl (C=O) groups is 2. The maximum Gasteiger partial charge on any atom is 0.337 e. The first kappa shape index (κ1) is 13.1. The lowest BCUT2D eigenvalue weighted by molar-refractivity contribution is -0.120. The Balaban J connectivity index is 2.14. The summed E-state index contributed by atoms with van der Waals surface area (Å²) in [5.41, 5.74) is -0.411. The summed E-state index contributed by atoms with van der Waals surface area (Å²) in [6, 6.07) is 4.13. The summed E-state index contributed by atoms with van der Waals surface area (Å²) in [4.78, 5) is 23.5. The van der Waals surface area contributed by atoms with E-state index in [-0.39, 0.29) is 27.8 Å². The van der Waals surface area contributed by atoms with Crippen LogP contribution in [0.4, 0.5) is 5.69 Å². The zero-order chi connectivity index (χ0) is 14.5. The maximum atomic E-state index is 12.4. The molecule has 0 bridgehead atoms. The molecule has 1 saturated carbocycles. The van der Waals surface area contributed by atoms with Gasteiger partial charge in [0.2, 0.25) is 5.91 Å². The molecule has 1 heterocycles. The Hall–Kier alpha value is -1.89. The van der Waals surface area contributed by atoms with Gasteiger partial charge >= 0.3 is 5.97 Å². The number of sulfone groups is 1. The van der Waals surface area contributed by atoms with E-state index in [4.69, 9.17) is 0 Å². The number of hydrogen-bond acceptors (Lipinski definition) is 5. The van der Waals surface area contributed by atoms with Crippen molar-refractivity contribution in [2.24, 2.45) is 5.41 Å². The third-order valence-corrected chi connectivity index (χ3v) is 5.73. The summed E-state index contributed by atoms with van der Waals surface area (Å²) >= 11 is 0. The molecule has 0 atom stereocenters. The standard InChI is InChI=1S/C13H13NO5S/c1-19-11(15)8-2-3-9-10(6-8)20(17,18)7-13(4-5-13)12(16)14-9/h2-3,6H,4-5,7H2,1H3,(H,14,16). The van der Waals surface area contributed by atoms with Crippen molar-refractivity contribution in [2.45, 2.75) is 17.7 Å². The zero-order valence-electron chi connectivity index (χ0n) is 10.8. The molecule has 1 fully saturated rings. The molecular weight excluding hydrogens is 282 g/mol. The molecule has 1 amide bonds. The molecule has 7 heteroatoms. The second kappa shape index (κ2) is 4.05. The fourth-order valence-corrected chi connectivity index (χ4v) is 4.48. The number of rotatable bonds is 1. The Morgan fingerprint density at radius 1 is 1.35 bits per heavy atom. The lowest BCUT2D eigenvalue weighted by Crippen LogP contribution is -2.27. The van der Waals surface area contributed by atoms with Crippen molar-refractivity contribution < 1.29 is 22.7 Å². The largest absolute Gasteiger partial charge is 0.465 e. The molecule has 1 aliphatic carbocycles. The smallest absolute Gasteiger partial charge is 0.337 e. The minimum atomic E-state index is -3.61. The molecular formula is C13H13NO5S. The third kappa shape index (κ3) is 1.89. The van der Waals surface area contributed by atoms with Crippen molar-refractivity contribution in [1.82, 2.24) is 0 Å². The lowest BCUT2D eigenvalue weighted by atomic mass is 10.1. The number of anilines is 1. The van der Waals surface area contributed by atoms with Crippen molar-refractivity contribution in [2.75, 3.05) is 18.2 Å². The number of methoxy groups -OCH3 is 1. The van der Waals surface area contributed by atoms with Crippen LogP contribution >= 0.6 is 0 Å². The fraction of sp³-hybridized carbons (Fsp3) is 0.385. The Bertz CT molecular complexity index is 718. The van der Waals surface area contributed by atoms with Gasteiger partial charge in [0, 0.05) is 0 Å². The molecule has 1 aromatic rings. The Morgan fingerprint density at radius 2 is 2.05 bits per heavy atom. The second-order valence-electron chi connectivity index (χ2n) is 5.20. The van der Waals surface area contributed by atoms with Gasteiger partial charge in [0.05, 0.1) is 34.4 Å². The molecule has 2 aliphatic rings. The maximum absolute atomic E-state index is 12.4. The van der Waals surface area contributed by atoms with Crippen molar-refractivity contribution in [3.8, 4) is 0 Å². The van der Waals surface area contributed by atoms with Gasteiger partial charge in [-0.25, -0.2) is 13.2 Å². The summed E-state index contributed by atoms with van der Waals surface area (Å²) in [5.74, 6) is -1.07. The number of amides is 1. The first-order valence-electron chi connectivity index (χ1n) is 6.15. The predicted molar refractivity (Wildman–Crippen MR) is 70.1 cm³/mol. The van der Waals surface area contributed by atoms with Crippen LogP contribution in [0.15, 0.2) is 23.1 Å². The molecule has 0 unspecified atom stereocenters. The van der Waals surface area contributed by atoms with Crippen LogP contribution in [0, 0.1) is 5.41 Å². The molecule has 6 nitrogen and oxygen atoms in total. The quantitative estimate of drug-likeness (QED) is 0.780. The SMILES string of the molecule is COC(=O)c1ccc2c(c1)S(=O)(=O)CC1(CC1)C(=O)N2. The monoisotopic (exact) mass is 295 g/mol. The van der Waals surface area contributed by atoms with Crippen LogP contribution < -0.4 is 5.32 Å². The summed E-state index contributed by atoms with van der Waals surface area (Å²) < 4.78 is 29.4. The van der Waals surface area contributed by atoms with Crippen LogP contribution in [0.25, 0.3) is 0 Å². The van der Waals surface area contributed by atoms with E-state index in [1.807, 2.05) is 0 Å². The predicted octanol–water partition coefficient (Wildman–Crippen LogP) is 0.979. The van der Waals surface area contributed by atoms with Crippen LogP contribution in [0.2, 0.25) is 0 Å². The Kier molecular flexibility index (Phi) is 2.66. The normalized spacial score (nSPS) is 21.6. The number of hydrogen-bond donors (Lipinski definition) is 1. The zero-order valence-corrected chi connectivity index (χ0v) is 11.6. The van der Waals surface area contributed by atoms with Gasteiger partial charge in [0.1, 0.15) is 0 Å². The molecule has 20 heavy (non-hydrogen) atoms. The van der Waals surface area contributed by atoms with Gasteiger partial charge in [0.25, 0.3) is 0 Å². The van der Waals surface area contributed by atoms with E-state index in [1.54, 1.807) is 0 Å². The minimum absolute atomic E-state index is 0.0162. The van der Waals surface area contributed by atoms with Gasteiger partial charge in [0.15, 0.2) is 9.84 Å². The van der Waals surface area contributed by atoms with Crippen molar-refractivity contribution in [1.29, 1.82) is 0 Å². The van der Waals surface area contributed by atoms with Crippen LogP contribution in [-0.2, 0) is 19.4 Å². The number of nitrogens with one attached hydrogen (secondary N) is 1. The molecule has 1 spiro atoms. The molecule has 1 aliphatic heterocycles. The third-order valence-electron chi connectivity index (χ3n) is 3.79. The van der Waals surface area contributed by atoms with Crippen LogP contribution in [0.3, 0.4) is 0 Å². The van der Waals surface area contributed by atoms with E-state index in [0.29, 0.717) is 12.8 Å². The lowest BCUT2D eigenvalue weighted by Gasteiger charge is -2.08. The minimum Gasteiger partial charge on any atom is -0.465 e. The van der Waals surface area contributed by atoms with E-state index in [9.17, 15) is 18.0 Å². The van der Waals surface area contributed by atoms with Gasteiger partial charge in [-0.15, -0.1) is 0 Å². The van der Waals surface area contributed by atoms with Gasteiger partial charge in [-0.1, -0.05) is 0 Å². The van der Waals surface area contributed by atoms with E-state index < -0.39 is 21.2 Å². The number of benzene rings is 1. The average molecular weight is 295 g/mol. The highest BCUT2D eigenvalue weighted by Crippen LogP contribution is 2.50. The Labute approximate surface area is 116 Å². The van der Waals surface area contributed by atoms with Crippen LogP contribution in [0.1, 0.15) is 23.2 Å². The highest BCUT2D eigenvalue weighted by atomic mass is 32.2. The average Bonchev–Trinajstić information content (AvgIpc) is 3.18. The van der Waals surface area contributed by atoms with E-state index in [2.05, 4.69) is 10.1 Å². The van der Waals surface area contributed by atoms with Gasteiger partial charge in [-0.3, -0.25) is 4.79 Å².